The van der Waals surface area contributed by atoms with Gasteiger partial charge in [0.2, 0.25) is 0 Å². The van der Waals surface area contributed by atoms with E-state index in [1.165, 1.54) is 0 Å². The molecule has 3 nitrogen and oxygen atoms in total. The summed E-state index contributed by atoms with van der Waals surface area (Å²) in [5, 5.41) is 0. The number of pyridine rings is 1. The predicted molar refractivity (Wildman–Crippen MR) is 82.9 cm³/mol. The van der Waals surface area contributed by atoms with Crippen LogP contribution in [-0.4, -0.2) is 14.5 Å². The van der Waals surface area contributed by atoms with Crippen molar-refractivity contribution in [2.45, 2.75) is 13.5 Å². The van der Waals surface area contributed by atoms with Crippen molar-refractivity contribution >= 4 is 39.2 Å². The Balaban J connectivity index is 2.10. The standard InChI is InChI=1S/C14H12BrN3S/c1-9-3-2-4-11(16-9)8-18-13-6-5-10(15)7-12(13)17-14(18)19/h2-7H,8H2,1H3,(H,17,19). The largest absolute Gasteiger partial charge is 0.331 e. The van der Waals surface area contributed by atoms with Gasteiger partial charge in [0.05, 0.1) is 23.3 Å². The molecule has 0 aliphatic carbocycles. The molecule has 0 unspecified atom stereocenters. The molecular weight excluding hydrogens is 322 g/mol. The van der Waals surface area contributed by atoms with Crippen LogP contribution in [0.25, 0.3) is 11.0 Å². The lowest BCUT2D eigenvalue weighted by molar-refractivity contribution is 0.781. The van der Waals surface area contributed by atoms with Crippen molar-refractivity contribution in [1.82, 2.24) is 14.5 Å². The highest BCUT2D eigenvalue weighted by atomic mass is 79.9. The van der Waals surface area contributed by atoms with E-state index in [0.717, 1.165) is 31.7 Å². The molecule has 0 aliphatic heterocycles. The maximum Gasteiger partial charge on any atom is 0.178 e. The molecule has 0 radical (unpaired) electrons. The van der Waals surface area contributed by atoms with E-state index in [9.17, 15) is 0 Å². The van der Waals surface area contributed by atoms with E-state index >= 15 is 0 Å². The second kappa shape index (κ2) is 4.90. The minimum Gasteiger partial charge on any atom is -0.331 e. The van der Waals surface area contributed by atoms with E-state index in [-0.39, 0.29) is 0 Å². The number of imidazole rings is 1. The summed E-state index contributed by atoms with van der Waals surface area (Å²) in [4.78, 5) is 7.75. The zero-order chi connectivity index (χ0) is 13.4. The van der Waals surface area contributed by atoms with Crippen molar-refractivity contribution in [3.8, 4) is 0 Å². The fourth-order valence-corrected chi connectivity index (χ4v) is 2.78. The molecule has 96 valence electrons. The second-order valence-electron chi connectivity index (χ2n) is 4.45. The van der Waals surface area contributed by atoms with Gasteiger partial charge in [-0.25, -0.2) is 0 Å². The number of hydrogen-bond acceptors (Lipinski definition) is 2. The third-order valence-electron chi connectivity index (χ3n) is 3.00. The Morgan fingerprint density at radius 3 is 2.95 bits per heavy atom. The number of nitrogens with zero attached hydrogens (tertiary/aromatic N) is 2. The molecule has 0 fully saturated rings. The number of benzene rings is 1. The topological polar surface area (TPSA) is 33.6 Å². The molecule has 0 saturated carbocycles. The molecule has 0 amide bonds. The lowest BCUT2D eigenvalue weighted by Crippen LogP contribution is -2.02. The fourth-order valence-electron chi connectivity index (χ4n) is 2.14. The smallest absolute Gasteiger partial charge is 0.178 e. The Morgan fingerprint density at radius 1 is 1.32 bits per heavy atom. The number of halogens is 1. The van der Waals surface area contributed by atoms with Crippen LogP contribution in [0.2, 0.25) is 0 Å². The van der Waals surface area contributed by atoms with Gasteiger partial charge < -0.3 is 9.55 Å². The van der Waals surface area contributed by atoms with Gasteiger partial charge in [-0.15, -0.1) is 0 Å². The van der Waals surface area contributed by atoms with Crippen LogP contribution in [0.5, 0.6) is 0 Å². The van der Waals surface area contributed by atoms with Crippen LogP contribution in [0, 0.1) is 11.7 Å². The molecule has 5 heteroatoms. The van der Waals surface area contributed by atoms with Crippen molar-refractivity contribution in [2.24, 2.45) is 0 Å². The third-order valence-corrected chi connectivity index (χ3v) is 3.82. The van der Waals surface area contributed by atoms with Crippen LogP contribution in [0.4, 0.5) is 0 Å². The lowest BCUT2D eigenvalue weighted by Gasteiger charge is -2.05. The first-order valence-corrected chi connectivity index (χ1v) is 7.14. The molecule has 2 aromatic heterocycles. The monoisotopic (exact) mass is 333 g/mol. The average molecular weight is 334 g/mol. The van der Waals surface area contributed by atoms with E-state index in [1.807, 2.05) is 37.3 Å². The molecule has 3 aromatic rings. The van der Waals surface area contributed by atoms with Gasteiger partial charge in [-0.3, -0.25) is 4.98 Å². The van der Waals surface area contributed by atoms with Crippen LogP contribution >= 0.6 is 28.1 Å². The molecule has 0 spiro atoms. The number of nitrogens with one attached hydrogen (secondary N) is 1. The van der Waals surface area contributed by atoms with Gasteiger partial charge in [0.15, 0.2) is 4.77 Å². The van der Waals surface area contributed by atoms with Crippen molar-refractivity contribution in [3.05, 3.63) is 57.0 Å². The van der Waals surface area contributed by atoms with Gasteiger partial charge in [0.25, 0.3) is 0 Å². The molecule has 0 bridgehead atoms. The number of aromatic nitrogens is 3. The molecule has 1 aromatic carbocycles. The van der Waals surface area contributed by atoms with Gasteiger partial charge in [0, 0.05) is 10.2 Å². The van der Waals surface area contributed by atoms with Crippen molar-refractivity contribution < 1.29 is 0 Å². The van der Waals surface area contributed by atoms with Gasteiger partial charge >= 0.3 is 0 Å². The summed E-state index contributed by atoms with van der Waals surface area (Å²) in [6.07, 6.45) is 0. The number of hydrogen-bond donors (Lipinski definition) is 1. The summed E-state index contributed by atoms with van der Waals surface area (Å²) in [6, 6.07) is 12.1. The Labute approximate surface area is 124 Å². The zero-order valence-corrected chi connectivity index (χ0v) is 12.8. The van der Waals surface area contributed by atoms with Crippen molar-refractivity contribution in [1.29, 1.82) is 0 Å². The summed E-state index contributed by atoms with van der Waals surface area (Å²) in [5.74, 6) is 0. The van der Waals surface area contributed by atoms with Crippen LogP contribution in [-0.2, 0) is 6.54 Å². The number of H-pyrrole nitrogens is 1. The number of aromatic amines is 1. The summed E-state index contributed by atoms with van der Waals surface area (Å²) in [5.41, 5.74) is 4.16. The normalized spacial score (nSPS) is 11.1. The second-order valence-corrected chi connectivity index (χ2v) is 5.75. The Hall–Kier alpha value is -1.46. The van der Waals surface area contributed by atoms with Crippen molar-refractivity contribution in [2.75, 3.05) is 0 Å². The highest BCUT2D eigenvalue weighted by Gasteiger charge is 2.06. The van der Waals surface area contributed by atoms with Gasteiger partial charge in [-0.05, 0) is 49.5 Å². The Bertz CT molecular complexity index is 804. The summed E-state index contributed by atoms with van der Waals surface area (Å²) in [7, 11) is 0. The first kappa shape index (κ1) is 12.6. The van der Waals surface area contributed by atoms with Crippen LogP contribution < -0.4 is 0 Å². The van der Waals surface area contributed by atoms with E-state index in [0.29, 0.717) is 6.54 Å². The maximum atomic E-state index is 5.39. The third kappa shape index (κ3) is 2.48. The zero-order valence-electron chi connectivity index (χ0n) is 10.4. The first-order valence-electron chi connectivity index (χ1n) is 5.94. The van der Waals surface area contributed by atoms with Crippen LogP contribution in [0.3, 0.4) is 0 Å². The van der Waals surface area contributed by atoms with Crippen molar-refractivity contribution in [3.63, 3.8) is 0 Å². The maximum absolute atomic E-state index is 5.39. The highest BCUT2D eigenvalue weighted by Crippen LogP contribution is 2.20. The molecule has 0 aliphatic rings. The molecule has 0 atom stereocenters. The van der Waals surface area contributed by atoms with E-state index < -0.39 is 0 Å². The van der Waals surface area contributed by atoms with Crippen LogP contribution in [0.1, 0.15) is 11.4 Å². The van der Waals surface area contributed by atoms with Gasteiger partial charge in [-0.1, -0.05) is 22.0 Å². The summed E-state index contributed by atoms with van der Waals surface area (Å²) >= 11 is 8.86. The molecule has 1 N–H and O–H groups in total. The van der Waals surface area contributed by atoms with E-state index in [2.05, 4.69) is 36.5 Å². The summed E-state index contributed by atoms with van der Waals surface area (Å²) < 4.78 is 3.83. The molecule has 0 saturated heterocycles. The quantitative estimate of drug-likeness (QED) is 0.712. The molecule has 3 rings (SSSR count). The highest BCUT2D eigenvalue weighted by molar-refractivity contribution is 9.10. The average Bonchev–Trinajstić information content (AvgIpc) is 2.65. The number of fused-ring (bicyclic) bond motifs is 1. The first-order chi connectivity index (χ1) is 9.13. The Morgan fingerprint density at radius 2 is 2.16 bits per heavy atom. The van der Waals surface area contributed by atoms with Crippen LogP contribution in [0.15, 0.2) is 40.9 Å². The summed E-state index contributed by atoms with van der Waals surface area (Å²) in [6.45, 7) is 2.68. The fraction of sp³-hybridized carbons (Fsp3) is 0.143. The van der Waals surface area contributed by atoms with Gasteiger partial charge in [0.1, 0.15) is 0 Å². The molecule has 2 heterocycles. The van der Waals surface area contributed by atoms with E-state index in [1.54, 1.807) is 0 Å². The minimum absolute atomic E-state index is 0.683. The number of rotatable bonds is 2. The Kier molecular flexibility index (Phi) is 3.24. The lowest BCUT2D eigenvalue weighted by atomic mass is 10.3. The molecular formula is C14H12BrN3S. The molecule has 19 heavy (non-hydrogen) atoms. The minimum atomic E-state index is 0.683. The predicted octanol–water partition coefficient (Wildman–Crippen LogP) is 4.21. The van der Waals surface area contributed by atoms with E-state index in [4.69, 9.17) is 12.2 Å². The van der Waals surface area contributed by atoms with Gasteiger partial charge in [-0.2, -0.15) is 0 Å². The number of aryl methyl sites for hydroxylation is 1. The SMILES string of the molecule is Cc1cccc(Cn2c(=S)[nH]c3cc(Br)ccc32)n1.